The minimum absolute atomic E-state index is 0.503. The van der Waals surface area contributed by atoms with E-state index in [-0.39, 0.29) is 0 Å². The number of hydrogen-bond acceptors (Lipinski definition) is 4. The van der Waals surface area contributed by atoms with E-state index in [0.717, 1.165) is 11.4 Å². The van der Waals surface area contributed by atoms with Gasteiger partial charge in [0.2, 0.25) is 0 Å². The zero-order chi connectivity index (χ0) is 13.1. The highest BCUT2D eigenvalue weighted by Crippen LogP contribution is 2.30. The lowest BCUT2D eigenvalue weighted by Gasteiger charge is -2.18. The van der Waals surface area contributed by atoms with E-state index in [4.69, 9.17) is 17.3 Å². The average Bonchev–Trinajstić information content (AvgIpc) is 2.33. The zero-order valence-corrected chi connectivity index (χ0v) is 11.1. The second kappa shape index (κ2) is 5.14. The van der Waals surface area contributed by atoms with Crippen molar-refractivity contribution in [3.8, 4) is 0 Å². The van der Waals surface area contributed by atoms with Gasteiger partial charge in [-0.3, -0.25) is 0 Å². The van der Waals surface area contributed by atoms with Gasteiger partial charge in [0.25, 0.3) is 0 Å². The Morgan fingerprint density at radius 1 is 1.28 bits per heavy atom. The number of aromatic nitrogens is 1. The molecule has 0 atom stereocenters. The van der Waals surface area contributed by atoms with Gasteiger partial charge in [-0.05, 0) is 18.2 Å². The normalized spacial score (nSPS) is 10.2. The molecule has 0 amide bonds. The first-order valence-corrected chi connectivity index (χ1v) is 5.90. The maximum absolute atomic E-state index is 6.09. The van der Waals surface area contributed by atoms with E-state index in [1.54, 1.807) is 12.3 Å². The second-order valence-electron chi connectivity index (χ2n) is 4.14. The van der Waals surface area contributed by atoms with Crippen LogP contribution in [-0.2, 0) is 0 Å². The summed E-state index contributed by atoms with van der Waals surface area (Å²) in [4.78, 5) is 6.21. The minimum atomic E-state index is 0.503. The predicted octanol–water partition coefficient (Wildman–Crippen LogP) is 3.13. The van der Waals surface area contributed by atoms with Crippen molar-refractivity contribution in [1.29, 1.82) is 0 Å². The number of pyridine rings is 1. The summed E-state index contributed by atoms with van der Waals surface area (Å²) in [5.74, 6) is 0.597. The number of nitrogens with two attached hydrogens (primary N) is 1. The van der Waals surface area contributed by atoms with Crippen molar-refractivity contribution < 1.29 is 0 Å². The molecule has 0 spiro atoms. The number of nitrogens with zero attached hydrogens (tertiary/aromatic N) is 2. The maximum Gasteiger partial charge on any atom is 0.149 e. The van der Waals surface area contributed by atoms with Gasteiger partial charge in [-0.1, -0.05) is 23.7 Å². The molecule has 0 radical (unpaired) electrons. The first kappa shape index (κ1) is 12.5. The third kappa shape index (κ3) is 2.65. The fourth-order valence-corrected chi connectivity index (χ4v) is 1.86. The molecule has 1 aromatic heterocycles. The van der Waals surface area contributed by atoms with Crippen molar-refractivity contribution in [2.24, 2.45) is 0 Å². The number of para-hydroxylation sites is 2. The topological polar surface area (TPSA) is 54.2 Å². The van der Waals surface area contributed by atoms with Gasteiger partial charge in [0.05, 0.1) is 28.3 Å². The summed E-state index contributed by atoms with van der Waals surface area (Å²) in [5.41, 5.74) is 8.17. The minimum Gasteiger partial charge on any atom is -0.397 e. The number of benzene rings is 1. The van der Waals surface area contributed by atoms with Crippen molar-refractivity contribution in [3.63, 3.8) is 0 Å². The number of anilines is 4. The van der Waals surface area contributed by atoms with E-state index in [2.05, 4.69) is 10.3 Å². The molecule has 94 valence electrons. The van der Waals surface area contributed by atoms with Crippen LogP contribution in [0.1, 0.15) is 0 Å². The van der Waals surface area contributed by atoms with E-state index in [1.807, 2.05) is 43.3 Å². The van der Waals surface area contributed by atoms with Crippen molar-refractivity contribution in [2.45, 2.75) is 0 Å². The van der Waals surface area contributed by atoms with E-state index in [0.29, 0.717) is 16.5 Å². The second-order valence-corrected chi connectivity index (χ2v) is 4.54. The lowest BCUT2D eigenvalue weighted by molar-refractivity contribution is 1.13. The first-order chi connectivity index (χ1) is 8.58. The average molecular weight is 263 g/mol. The summed E-state index contributed by atoms with van der Waals surface area (Å²) in [5, 5.41) is 3.71. The molecule has 0 saturated heterocycles. The highest BCUT2D eigenvalue weighted by molar-refractivity contribution is 6.33. The number of halogens is 1. The van der Waals surface area contributed by atoms with Gasteiger partial charge in [0.15, 0.2) is 0 Å². The van der Waals surface area contributed by atoms with Crippen LogP contribution in [0.25, 0.3) is 0 Å². The fourth-order valence-electron chi connectivity index (χ4n) is 1.64. The molecule has 2 rings (SSSR count). The summed E-state index contributed by atoms with van der Waals surface area (Å²) in [6.45, 7) is 0. The van der Waals surface area contributed by atoms with Crippen LogP contribution in [0.15, 0.2) is 36.5 Å². The molecule has 0 fully saturated rings. The molecule has 0 unspecified atom stereocenters. The predicted molar refractivity (Wildman–Crippen MR) is 77.7 cm³/mol. The highest BCUT2D eigenvalue weighted by Gasteiger charge is 2.07. The molecule has 3 N–H and O–H groups in total. The quantitative estimate of drug-likeness (QED) is 0.892. The van der Waals surface area contributed by atoms with Gasteiger partial charge in [-0.15, -0.1) is 0 Å². The monoisotopic (exact) mass is 262 g/mol. The van der Waals surface area contributed by atoms with Crippen LogP contribution in [0, 0.1) is 0 Å². The Morgan fingerprint density at radius 2 is 2.00 bits per heavy atom. The first-order valence-electron chi connectivity index (χ1n) is 5.52. The number of rotatable bonds is 3. The molecule has 0 aliphatic rings. The van der Waals surface area contributed by atoms with Gasteiger partial charge in [0.1, 0.15) is 5.82 Å². The number of hydrogen-bond donors (Lipinski definition) is 2. The fraction of sp³-hybridized carbons (Fsp3) is 0.154. The smallest absolute Gasteiger partial charge is 0.149 e. The Morgan fingerprint density at radius 3 is 2.67 bits per heavy atom. The lowest BCUT2D eigenvalue weighted by atomic mass is 10.2. The SMILES string of the molecule is CN(C)c1ccccc1Nc1ncc(N)cc1Cl. The summed E-state index contributed by atoms with van der Waals surface area (Å²) >= 11 is 6.09. The molecule has 0 bridgehead atoms. The Kier molecular flexibility index (Phi) is 3.58. The molecule has 1 aromatic carbocycles. The lowest BCUT2D eigenvalue weighted by Crippen LogP contribution is -2.11. The Bertz CT molecular complexity index is 554. The molecule has 18 heavy (non-hydrogen) atoms. The van der Waals surface area contributed by atoms with Crippen LogP contribution in [0.4, 0.5) is 22.9 Å². The van der Waals surface area contributed by atoms with Crippen LogP contribution >= 0.6 is 11.6 Å². The van der Waals surface area contributed by atoms with E-state index in [1.165, 1.54) is 0 Å². The summed E-state index contributed by atoms with van der Waals surface area (Å²) in [7, 11) is 3.97. The van der Waals surface area contributed by atoms with Gasteiger partial charge >= 0.3 is 0 Å². The van der Waals surface area contributed by atoms with Crippen LogP contribution in [0.5, 0.6) is 0 Å². The molecule has 0 aliphatic heterocycles. The van der Waals surface area contributed by atoms with Gasteiger partial charge in [0, 0.05) is 14.1 Å². The highest BCUT2D eigenvalue weighted by atomic mass is 35.5. The summed E-state index contributed by atoms with van der Waals surface area (Å²) in [6, 6.07) is 9.62. The molecule has 4 nitrogen and oxygen atoms in total. The van der Waals surface area contributed by atoms with Crippen molar-refractivity contribution in [3.05, 3.63) is 41.6 Å². The Labute approximate surface area is 111 Å². The van der Waals surface area contributed by atoms with Gasteiger partial charge in [-0.25, -0.2) is 4.98 Å². The molecule has 2 aromatic rings. The largest absolute Gasteiger partial charge is 0.397 e. The van der Waals surface area contributed by atoms with Crippen molar-refractivity contribution in [2.75, 3.05) is 30.0 Å². The molecule has 1 heterocycles. The van der Waals surface area contributed by atoms with E-state index in [9.17, 15) is 0 Å². The Hall–Kier alpha value is -1.94. The summed E-state index contributed by atoms with van der Waals surface area (Å²) in [6.07, 6.45) is 1.58. The molecule has 0 saturated carbocycles. The molecule has 0 aliphatic carbocycles. The van der Waals surface area contributed by atoms with Gasteiger partial charge in [-0.2, -0.15) is 0 Å². The van der Waals surface area contributed by atoms with E-state index < -0.39 is 0 Å². The van der Waals surface area contributed by atoms with E-state index >= 15 is 0 Å². The van der Waals surface area contributed by atoms with Crippen LogP contribution < -0.4 is 16.0 Å². The third-order valence-electron chi connectivity index (χ3n) is 2.50. The standard InChI is InChI=1S/C13H15ClN4/c1-18(2)12-6-4-3-5-11(12)17-13-10(14)7-9(15)8-16-13/h3-8H,15H2,1-2H3,(H,16,17). The molecular weight excluding hydrogens is 248 g/mol. The van der Waals surface area contributed by atoms with Crippen LogP contribution in [-0.4, -0.2) is 19.1 Å². The van der Waals surface area contributed by atoms with Crippen LogP contribution in [0.3, 0.4) is 0 Å². The Balaban J connectivity index is 2.34. The van der Waals surface area contributed by atoms with Crippen molar-refractivity contribution >= 4 is 34.5 Å². The zero-order valence-electron chi connectivity index (χ0n) is 10.3. The number of nitrogen functional groups attached to an aromatic ring is 1. The maximum atomic E-state index is 6.09. The number of nitrogens with one attached hydrogen (secondary N) is 1. The van der Waals surface area contributed by atoms with Crippen molar-refractivity contribution in [1.82, 2.24) is 4.98 Å². The van der Waals surface area contributed by atoms with Gasteiger partial charge < -0.3 is 16.0 Å². The third-order valence-corrected chi connectivity index (χ3v) is 2.79. The van der Waals surface area contributed by atoms with Crippen LogP contribution in [0.2, 0.25) is 5.02 Å². The molecular formula is C13H15ClN4. The summed E-state index contributed by atoms with van der Waals surface area (Å²) < 4.78 is 0. The molecule has 5 heteroatoms.